The van der Waals surface area contributed by atoms with E-state index in [0.29, 0.717) is 30.9 Å². The minimum atomic E-state index is -1.08. The zero-order valence-corrected chi connectivity index (χ0v) is 15.0. The van der Waals surface area contributed by atoms with Crippen LogP contribution in [0.2, 0.25) is 0 Å². The van der Waals surface area contributed by atoms with E-state index in [2.05, 4.69) is 5.32 Å². The maximum atomic E-state index is 12.3. The van der Waals surface area contributed by atoms with Crippen LogP contribution < -0.4 is 10.1 Å². The van der Waals surface area contributed by atoms with E-state index in [4.69, 9.17) is 9.47 Å². The molecule has 1 atom stereocenters. The number of amides is 2. The van der Waals surface area contributed by atoms with Gasteiger partial charge in [0.2, 0.25) is 5.91 Å². The zero-order chi connectivity index (χ0) is 19.2. The molecular formula is C18H24N2O6. The summed E-state index contributed by atoms with van der Waals surface area (Å²) >= 11 is 0. The summed E-state index contributed by atoms with van der Waals surface area (Å²) in [6.45, 7) is 2.67. The van der Waals surface area contributed by atoms with E-state index in [1.54, 1.807) is 24.3 Å². The van der Waals surface area contributed by atoms with Crippen LogP contribution in [0.25, 0.3) is 0 Å². The first-order valence-electron chi connectivity index (χ1n) is 8.43. The molecular weight excluding hydrogens is 340 g/mol. The first kappa shape index (κ1) is 19.7. The second kappa shape index (κ2) is 8.66. The Kier molecular flexibility index (Phi) is 6.57. The number of aliphatic carboxylic acids is 1. The number of hydrogen-bond donors (Lipinski definition) is 2. The highest BCUT2D eigenvalue weighted by molar-refractivity contribution is 5.96. The molecule has 1 heterocycles. The summed E-state index contributed by atoms with van der Waals surface area (Å²) in [5, 5.41) is 12.0. The van der Waals surface area contributed by atoms with Crippen LogP contribution in [0, 0.1) is 5.41 Å². The molecule has 1 aliphatic heterocycles. The molecule has 1 aliphatic rings. The van der Waals surface area contributed by atoms with Gasteiger partial charge in [0.15, 0.2) is 0 Å². The van der Waals surface area contributed by atoms with Gasteiger partial charge < -0.3 is 24.8 Å². The number of carbonyl (C=O) groups is 3. The Morgan fingerprint density at radius 3 is 2.54 bits per heavy atom. The average Bonchev–Trinajstić information content (AvgIpc) is 3.06. The third kappa shape index (κ3) is 4.51. The van der Waals surface area contributed by atoms with E-state index >= 15 is 0 Å². The number of carbonyl (C=O) groups excluding carboxylic acids is 2. The van der Waals surface area contributed by atoms with Crippen molar-refractivity contribution in [2.75, 3.05) is 40.0 Å². The van der Waals surface area contributed by atoms with Crippen LogP contribution in [0.5, 0.6) is 5.75 Å². The van der Waals surface area contributed by atoms with Gasteiger partial charge in [0.05, 0.1) is 19.8 Å². The van der Waals surface area contributed by atoms with Gasteiger partial charge in [-0.3, -0.25) is 14.4 Å². The molecule has 142 valence electrons. The van der Waals surface area contributed by atoms with Crippen molar-refractivity contribution < 1.29 is 29.0 Å². The van der Waals surface area contributed by atoms with Crippen LogP contribution in [-0.4, -0.2) is 67.7 Å². The molecule has 1 fully saturated rings. The number of carboxylic acids is 1. The fourth-order valence-corrected chi connectivity index (χ4v) is 2.95. The highest BCUT2D eigenvalue weighted by atomic mass is 16.5. The molecule has 0 radical (unpaired) electrons. The van der Waals surface area contributed by atoms with E-state index in [-0.39, 0.29) is 31.5 Å². The Morgan fingerprint density at radius 2 is 1.96 bits per heavy atom. The largest absolute Gasteiger partial charge is 0.494 e. The second-order valence-electron chi connectivity index (χ2n) is 6.22. The Morgan fingerprint density at radius 1 is 1.27 bits per heavy atom. The Hall–Kier alpha value is -2.61. The van der Waals surface area contributed by atoms with Crippen molar-refractivity contribution in [3.05, 3.63) is 29.8 Å². The molecule has 2 rings (SSSR count). The van der Waals surface area contributed by atoms with Gasteiger partial charge in [0, 0.05) is 25.8 Å². The predicted octanol–water partition coefficient (Wildman–Crippen LogP) is 0.765. The van der Waals surface area contributed by atoms with E-state index in [0.717, 1.165) is 0 Å². The fourth-order valence-electron chi connectivity index (χ4n) is 2.95. The topological polar surface area (TPSA) is 105 Å². The number of methoxy groups -OCH3 is 1. The lowest BCUT2D eigenvalue weighted by molar-refractivity contribution is -0.151. The first-order chi connectivity index (χ1) is 12.4. The third-order valence-electron chi connectivity index (χ3n) is 4.41. The number of nitrogens with one attached hydrogen (secondary N) is 1. The summed E-state index contributed by atoms with van der Waals surface area (Å²) in [4.78, 5) is 37.4. The summed E-state index contributed by atoms with van der Waals surface area (Å²) in [6.07, 6.45) is 0.328. The lowest BCUT2D eigenvalue weighted by Crippen LogP contribution is -2.43. The molecule has 2 amide bonds. The van der Waals surface area contributed by atoms with Gasteiger partial charge in [-0.1, -0.05) is 0 Å². The van der Waals surface area contributed by atoms with Crippen LogP contribution in [0.15, 0.2) is 24.3 Å². The minimum Gasteiger partial charge on any atom is -0.494 e. The number of hydrogen-bond acceptors (Lipinski definition) is 5. The summed E-state index contributed by atoms with van der Waals surface area (Å²) in [6, 6.07) is 6.61. The predicted molar refractivity (Wildman–Crippen MR) is 93.1 cm³/mol. The Balaban J connectivity index is 1.88. The van der Waals surface area contributed by atoms with Crippen LogP contribution in [-0.2, 0) is 14.3 Å². The molecule has 8 nitrogen and oxygen atoms in total. The normalized spacial score (nSPS) is 19.2. The van der Waals surface area contributed by atoms with Gasteiger partial charge in [-0.15, -0.1) is 0 Å². The summed E-state index contributed by atoms with van der Waals surface area (Å²) < 4.78 is 10.3. The zero-order valence-electron chi connectivity index (χ0n) is 15.0. The number of likely N-dealkylation sites (tertiary alicyclic amines) is 1. The molecule has 1 aromatic carbocycles. The Bertz CT molecular complexity index is 660. The Labute approximate surface area is 152 Å². The van der Waals surface area contributed by atoms with Gasteiger partial charge in [-0.25, -0.2) is 0 Å². The standard InChI is InChI=1S/C18H24N2O6/c1-3-26-14-6-4-13(5-7-14)16(22)19-10-15(21)20-9-8-18(11-20,12-25-2)17(23)24/h4-7H,3,8-12H2,1-2H3,(H,19,22)(H,23,24). The van der Waals surface area contributed by atoms with E-state index in [1.165, 1.54) is 12.0 Å². The van der Waals surface area contributed by atoms with Gasteiger partial charge >= 0.3 is 5.97 Å². The minimum absolute atomic E-state index is 0.0463. The molecule has 1 unspecified atom stereocenters. The quantitative estimate of drug-likeness (QED) is 0.706. The first-order valence-corrected chi connectivity index (χ1v) is 8.43. The molecule has 0 saturated carbocycles. The highest BCUT2D eigenvalue weighted by Gasteiger charge is 2.46. The smallest absolute Gasteiger partial charge is 0.313 e. The monoisotopic (exact) mass is 364 g/mol. The second-order valence-corrected chi connectivity index (χ2v) is 6.22. The number of carboxylic acid groups (broad SMARTS) is 1. The van der Waals surface area contributed by atoms with Crippen molar-refractivity contribution in [2.24, 2.45) is 5.41 Å². The highest BCUT2D eigenvalue weighted by Crippen LogP contribution is 2.31. The summed E-state index contributed by atoms with van der Waals surface area (Å²) in [5.74, 6) is -1.00. The van der Waals surface area contributed by atoms with Crippen molar-refractivity contribution in [1.82, 2.24) is 10.2 Å². The van der Waals surface area contributed by atoms with Gasteiger partial charge in [-0.05, 0) is 37.6 Å². The molecule has 2 N–H and O–H groups in total. The molecule has 0 bridgehead atoms. The summed E-state index contributed by atoms with van der Waals surface area (Å²) in [7, 11) is 1.44. The molecule has 0 aliphatic carbocycles. The van der Waals surface area contributed by atoms with Crippen molar-refractivity contribution in [3.8, 4) is 5.75 Å². The number of rotatable bonds is 8. The molecule has 26 heavy (non-hydrogen) atoms. The van der Waals surface area contributed by atoms with Crippen molar-refractivity contribution in [2.45, 2.75) is 13.3 Å². The molecule has 1 saturated heterocycles. The van der Waals surface area contributed by atoms with Crippen molar-refractivity contribution in [3.63, 3.8) is 0 Å². The maximum absolute atomic E-state index is 12.3. The van der Waals surface area contributed by atoms with Crippen molar-refractivity contribution >= 4 is 17.8 Å². The molecule has 1 aromatic rings. The van der Waals surface area contributed by atoms with Gasteiger partial charge in [0.1, 0.15) is 11.2 Å². The lowest BCUT2D eigenvalue weighted by Gasteiger charge is -2.23. The third-order valence-corrected chi connectivity index (χ3v) is 4.41. The number of nitrogens with zero attached hydrogens (tertiary/aromatic N) is 1. The van der Waals surface area contributed by atoms with Crippen LogP contribution in [0.1, 0.15) is 23.7 Å². The SMILES string of the molecule is CCOc1ccc(C(=O)NCC(=O)N2CCC(COC)(C(=O)O)C2)cc1. The van der Waals surface area contributed by atoms with Crippen LogP contribution in [0.3, 0.4) is 0 Å². The molecule has 0 spiro atoms. The fraction of sp³-hybridized carbons (Fsp3) is 0.500. The van der Waals surface area contributed by atoms with Gasteiger partial charge in [-0.2, -0.15) is 0 Å². The molecule has 0 aromatic heterocycles. The van der Waals surface area contributed by atoms with Crippen molar-refractivity contribution in [1.29, 1.82) is 0 Å². The van der Waals surface area contributed by atoms with Crippen LogP contribution in [0.4, 0.5) is 0 Å². The van der Waals surface area contributed by atoms with E-state index in [1.807, 2.05) is 6.92 Å². The lowest BCUT2D eigenvalue weighted by atomic mass is 9.88. The number of ether oxygens (including phenoxy) is 2. The van der Waals surface area contributed by atoms with Crippen LogP contribution >= 0.6 is 0 Å². The molecule has 8 heteroatoms. The van der Waals surface area contributed by atoms with E-state index < -0.39 is 11.4 Å². The number of benzene rings is 1. The summed E-state index contributed by atoms with van der Waals surface area (Å²) in [5.41, 5.74) is -0.661. The maximum Gasteiger partial charge on any atom is 0.313 e. The van der Waals surface area contributed by atoms with Gasteiger partial charge in [0.25, 0.3) is 5.91 Å². The van der Waals surface area contributed by atoms with E-state index in [9.17, 15) is 19.5 Å². The average molecular weight is 364 g/mol.